The molecule has 1 rings (SSSR count). The Morgan fingerprint density at radius 3 is 2.50 bits per heavy atom. The van der Waals surface area contributed by atoms with Crippen LogP contribution in [0.15, 0.2) is 24.3 Å². The predicted molar refractivity (Wildman–Crippen MR) is 53.4 cm³/mol. The fraction of sp³-hybridized carbons (Fsp3) is 0.400. The highest BCUT2D eigenvalue weighted by Crippen LogP contribution is 2.17. The van der Waals surface area contributed by atoms with Crippen molar-refractivity contribution < 1.29 is 0 Å². The maximum absolute atomic E-state index is 5.76. The lowest BCUT2D eigenvalue weighted by molar-refractivity contribution is 0.817. The molecule has 0 fully saturated rings. The highest BCUT2D eigenvalue weighted by atomic mass is 15.1. The van der Waals surface area contributed by atoms with Crippen molar-refractivity contribution >= 4 is 5.69 Å². The maximum atomic E-state index is 5.76. The number of benzene rings is 1. The van der Waals surface area contributed by atoms with Gasteiger partial charge >= 0.3 is 0 Å². The van der Waals surface area contributed by atoms with E-state index < -0.39 is 0 Å². The minimum Gasteiger partial charge on any atom is -0.378 e. The first-order valence-electron chi connectivity index (χ1n) is 4.14. The third-order valence-corrected chi connectivity index (χ3v) is 1.91. The second-order valence-corrected chi connectivity index (χ2v) is 3.28. The van der Waals surface area contributed by atoms with Gasteiger partial charge in [-0.1, -0.05) is 12.1 Å². The van der Waals surface area contributed by atoms with Crippen LogP contribution in [0.25, 0.3) is 0 Å². The molecule has 0 heterocycles. The molecule has 2 nitrogen and oxygen atoms in total. The summed E-state index contributed by atoms with van der Waals surface area (Å²) in [6.45, 7) is 1.99. The van der Waals surface area contributed by atoms with Gasteiger partial charge in [0.2, 0.25) is 0 Å². The lowest BCUT2D eigenvalue weighted by Gasteiger charge is -2.14. The predicted octanol–water partition coefficient (Wildman–Crippen LogP) is 1.77. The molecule has 0 spiro atoms. The molecule has 1 aromatic rings. The van der Waals surface area contributed by atoms with Crippen LogP contribution in [0.4, 0.5) is 5.69 Å². The maximum Gasteiger partial charge on any atom is 0.0364 e. The summed E-state index contributed by atoms with van der Waals surface area (Å²) >= 11 is 0. The minimum absolute atomic E-state index is 0.116. The second-order valence-electron chi connectivity index (χ2n) is 3.28. The molecule has 0 aliphatic heterocycles. The molecule has 2 heteroatoms. The van der Waals surface area contributed by atoms with Gasteiger partial charge in [-0.3, -0.25) is 0 Å². The van der Waals surface area contributed by atoms with Crippen LogP contribution in [0, 0.1) is 0 Å². The molecule has 0 amide bonds. The van der Waals surface area contributed by atoms with Crippen LogP contribution in [0.5, 0.6) is 0 Å². The number of hydrogen-bond donors (Lipinski definition) is 1. The van der Waals surface area contributed by atoms with E-state index in [1.165, 1.54) is 11.3 Å². The van der Waals surface area contributed by atoms with Crippen LogP contribution >= 0.6 is 0 Å². The smallest absolute Gasteiger partial charge is 0.0364 e. The molecule has 0 bridgehead atoms. The van der Waals surface area contributed by atoms with Crippen molar-refractivity contribution in [3.05, 3.63) is 29.8 Å². The van der Waals surface area contributed by atoms with Gasteiger partial charge in [0.1, 0.15) is 0 Å². The Kier molecular flexibility index (Phi) is 2.71. The Labute approximate surface area is 74.0 Å². The summed E-state index contributed by atoms with van der Waals surface area (Å²) in [7, 11) is 4.06. The van der Waals surface area contributed by atoms with Gasteiger partial charge in [-0.05, 0) is 24.6 Å². The van der Waals surface area contributed by atoms with Crippen LogP contribution in [0.1, 0.15) is 18.5 Å². The molecule has 1 atom stereocenters. The number of nitrogens with zero attached hydrogens (tertiary/aromatic N) is 1. The van der Waals surface area contributed by atoms with Crippen molar-refractivity contribution in [1.82, 2.24) is 0 Å². The normalized spacial score (nSPS) is 12.7. The fourth-order valence-electron chi connectivity index (χ4n) is 1.09. The van der Waals surface area contributed by atoms with Crippen LogP contribution in [-0.4, -0.2) is 14.1 Å². The summed E-state index contributed by atoms with van der Waals surface area (Å²) in [5.41, 5.74) is 8.14. The molecule has 0 aromatic heterocycles. The zero-order chi connectivity index (χ0) is 9.14. The highest BCUT2D eigenvalue weighted by Gasteiger charge is 2.00. The fourth-order valence-corrected chi connectivity index (χ4v) is 1.09. The van der Waals surface area contributed by atoms with E-state index in [9.17, 15) is 0 Å². The monoisotopic (exact) mass is 164 g/mol. The summed E-state index contributed by atoms with van der Waals surface area (Å²) in [5, 5.41) is 0. The van der Waals surface area contributed by atoms with Crippen molar-refractivity contribution in [3.8, 4) is 0 Å². The quantitative estimate of drug-likeness (QED) is 0.721. The van der Waals surface area contributed by atoms with E-state index in [1.54, 1.807) is 0 Å². The highest BCUT2D eigenvalue weighted by molar-refractivity contribution is 5.47. The van der Waals surface area contributed by atoms with Gasteiger partial charge in [-0.15, -0.1) is 0 Å². The second kappa shape index (κ2) is 3.59. The van der Waals surface area contributed by atoms with E-state index >= 15 is 0 Å². The van der Waals surface area contributed by atoms with E-state index in [0.717, 1.165) is 0 Å². The van der Waals surface area contributed by atoms with Gasteiger partial charge in [-0.25, -0.2) is 0 Å². The molecule has 0 aliphatic carbocycles. The average molecular weight is 164 g/mol. The number of rotatable bonds is 2. The van der Waals surface area contributed by atoms with Crippen molar-refractivity contribution in [2.75, 3.05) is 19.0 Å². The molecule has 66 valence electrons. The molecular formula is C10H16N2. The zero-order valence-corrected chi connectivity index (χ0v) is 7.91. The Morgan fingerprint density at radius 2 is 2.00 bits per heavy atom. The van der Waals surface area contributed by atoms with Gasteiger partial charge in [0, 0.05) is 25.8 Å². The molecule has 0 aliphatic rings. The Balaban J connectivity index is 2.96. The van der Waals surface area contributed by atoms with Crippen LogP contribution < -0.4 is 10.6 Å². The van der Waals surface area contributed by atoms with Gasteiger partial charge in [-0.2, -0.15) is 0 Å². The van der Waals surface area contributed by atoms with E-state index in [-0.39, 0.29) is 6.04 Å². The SMILES string of the molecule is CC(N)c1cccc(N(C)C)c1. The van der Waals surface area contributed by atoms with Crippen LogP contribution in [0.2, 0.25) is 0 Å². The molecule has 1 aromatic carbocycles. The molecule has 12 heavy (non-hydrogen) atoms. The number of anilines is 1. The van der Waals surface area contributed by atoms with E-state index in [4.69, 9.17) is 5.73 Å². The Bertz CT molecular complexity index is 231. The van der Waals surface area contributed by atoms with Crippen molar-refractivity contribution in [3.63, 3.8) is 0 Å². The molecule has 2 N–H and O–H groups in total. The molecule has 0 radical (unpaired) electrons. The van der Waals surface area contributed by atoms with Gasteiger partial charge in [0.15, 0.2) is 0 Å². The van der Waals surface area contributed by atoms with Crippen molar-refractivity contribution in [1.29, 1.82) is 0 Å². The number of hydrogen-bond acceptors (Lipinski definition) is 2. The summed E-state index contributed by atoms with van der Waals surface area (Å²) in [5.74, 6) is 0. The van der Waals surface area contributed by atoms with Crippen LogP contribution in [0.3, 0.4) is 0 Å². The molecule has 1 unspecified atom stereocenters. The van der Waals surface area contributed by atoms with Crippen molar-refractivity contribution in [2.24, 2.45) is 5.73 Å². The average Bonchev–Trinajstić information content (AvgIpc) is 2.04. The van der Waals surface area contributed by atoms with E-state index in [0.29, 0.717) is 0 Å². The third-order valence-electron chi connectivity index (χ3n) is 1.91. The molecule has 0 saturated carbocycles. The largest absolute Gasteiger partial charge is 0.378 e. The lowest BCUT2D eigenvalue weighted by atomic mass is 10.1. The topological polar surface area (TPSA) is 29.3 Å². The Hall–Kier alpha value is -1.02. The summed E-state index contributed by atoms with van der Waals surface area (Å²) in [6, 6.07) is 8.40. The Morgan fingerprint density at radius 1 is 1.33 bits per heavy atom. The minimum atomic E-state index is 0.116. The summed E-state index contributed by atoms with van der Waals surface area (Å²) < 4.78 is 0. The lowest BCUT2D eigenvalue weighted by Crippen LogP contribution is -2.10. The first-order chi connectivity index (χ1) is 5.61. The van der Waals surface area contributed by atoms with E-state index in [2.05, 4.69) is 23.1 Å². The van der Waals surface area contributed by atoms with Gasteiger partial charge in [0.05, 0.1) is 0 Å². The number of nitrogens with two attached hydrogens (primary N) is 1. The van der Waals surface area contributed by atoms with Gasteiger partial charge < -0.3 is 10.6 Å². The molecule has 0 saturated heterocycles. The third kappa shape index (κ3) is 1.98. The van der Waals surface area contributed by atoms with Crippen LogP contribution in [-0.2, 0) is 0 Å². The first-order valence-corrected chi connectivity index (χ1v) is 4.14. The first kappa shape index (κ1) is 9.07. The van der Waals surface area contributed by atoms with Gasteiger partial charge in [0.25, 0.3) is 0 Å². The standard InChI is InChI=1S/C10H16N2/c1-8(11)9-5-4-6-10(7-9)12(2)3/h4-8H,11H2,1-3H3. The van der Waals surface area contributed by atoms with E-state index in [1.807, 2.05) is 27.1 Å². The molecular weight excluding hydrogens is 148 g/mol. The zero-order valence-electron chi connectivity index (χ0n) is 7.91. The summed E-state index contributed by atoms with van der Waals surface area (Å²) in [6.07, 6.45) is 0. The van der Waals surface area contributed by atoms with Crippen molar-refractivity contribution in [2.45, 2.75) is 13.0 Å². The summed E-state index contributed by atoms with van der Waals surface area (Å²) in [4.78, 5) is 2.08.